The van der Waals surface area contributed by atoms with Gasteiger partial charge in [-0.25, -0.2) is 9.97 Å². The quantitative estimate of drug-likeness (QED) is 0.421. The molecule has 1 fully saturated rings. The Balaban J connectivity index is 1.62. The molecule has 2 aromatic heterocycles. The van der Waals surface area contributed by atoms with Crippen molar-refractivity contribution in [3.8, 4) is 0 Å². The van der Waals surface area contributed by atoms with E-state index in [9.17, 15) is 0 Å². The Labute approximate surface area is 148 Å². The fourth-order valence-corrected chi connectivity index (χ4v) is 3.97. The summed E-state index contributed by atoms with van der Waals surface area (Å²) >= 11 is 1.74. The first-order valence-electron chi connectivity index (χ1n) is 8.87. The second-order valence-electron chi connectivity index (χ2n) is 6.42. The number of unbranched alkanes of at least 4 members (excludes halogenated alkanes) is 1. The summed E-state index contributed by atoms with van der Waals surface area (Å²) in [6.45, 7) is 6.11. The third-order valence-electron chi connectivity index (χ3n) is 4.40. The normalized spacial score (nSPS) is 18.8. The van der Waals surface area contributed by atoms with Crippen LogP contribution in [0.15, 0.2) is 28.1 Å². The van der Waals surface area contributed by atoms with Gasteiger partial charge in [0.05, 0.1) is 6.04 Å². The van der Waals surface area contributed by atoms with Gasteiger partial charge in [0.1, 0.15) is 11.5 Å². The van der Waals surface area contributed by atoms with E-state index in [2.05, 4.69) is 33.0 Å². The highest BCUT2D eigenvalue weighted by atomic mass is 32.2. The van der Waals surface area contributed by atoms with Crippen LogP contribution in [0.25, 0.3) is 0 Å². The van der Waals surface area contributed by atoms with Crippen molar-refractivity contribution >= 4 is 11.8 Å². The van der Waals surface area contributed by atoms with Crippen LogP contribution >= 0.6 is 11.8 Å². The average Bonchev–Trinajstić information content (AvgIpc) is 3.03. The maximum Gasteiger partial charge on any atom is 0.187 e. The lowest BCUT2D eigenvalue weighted by molar-refractivity contribution is 0.133. The molecule has 3 rings (SSSR count). The van der Waals surface area contributed by atoms with Crippen molar-refractivity contribution in [2.75, 3.05) is 12.3 Å². The summed E-state index contributed by atoms with van der Waals surface area (Å²) in [7, 11) is 0. The molecule has 0 radical (unpaired) electrons. The third-order valence-corrected chi connectivity index (χ3v) is 5.36. The molecule has 5 nitrogen and oxygen atoms in total. The fraction of sp³-hybridized carbons (Fsp3) is 0.611. The number of thioether (sulfide) groups is 1. The number of piperidine rings is 1. The van der Waals surface area contributed by atoms with E-state index in [1.54, 1.807) is 11.8 Å². The smallest absolute Gasteiger partial charge is 0.187 e. The summed E-state index contributed by atoms with van der Waals surface area (Å²) in [6, 6.07) is 2.40. The minimum absolute atomic E-state index is 0.342. The van der Waals surface area contributed by atoms with Crippen LogP contribution < -0.4 is 0 Å². The summed E-state index contributed by atoms with van der Waals surface area (Å²) in [5.41, 5.74) is 2.22. The van der Waals surface area contributed by atoms with Crippen molar-refractivity contribution in [3.05, 3.63) is 35.5 Å². The lowest BCUT2D eigenvalue weighted by Gasteiger charge is -2.34. The fourth-order valence-electron chi connectivity index (χ4n) is 3.10. The third kappa shape index (κ3) is 4.57. The number of aromatic nitrogens is 3. The Hall–Kier alpha value is -1.40. The highest BCUT2D eigenvalue weighted by Gasteiger charge is 2.26. The second-order valence-corrected chi connectivity index (χ2v) is 7.48. The van der Waals surface area contributed by atoms with E-state index in [-0.39, 0.29) is 0 Å². The molecular weight excluding hydrogens is 320 g/mol. The molecule has 24 heavy (non-hydrogen) atoms. The maximum atomic E-state index is 5.27. The average molecular weight is 346 g/mol. The van der Waals surface area contributed by atoms with Crippen molar-refractivity contribution in [3.63, 3.8) is 0 Å². The van der Waals surface area contributed by atoms with Crippen molar-refractivity contribution in [2.45, 2.75) is 63.7 Å². The van der Waals surface area contributed by atoms with E-state index >= 15 is 0 Å². The Kier molecular flexibility index (Phi) is 6.26. The molecule has 1 aliphatic heterocycles. The maximum absolute atomic E-state index is 5.27. The second kappa shape index (κ2) is 8.62. The zero-order valence-electron chi connectivity index (χ0n) is 14.6. The summed E-state index contributed by atoms with van der Waals surface area (Å²) in [5.74, 6) is 1.97. The van der Waals surface area contributed by atoms with Gasteiger partial charge in [-0.2, -0.15) is 0 Å². The lowest BCUT2D eigenvalue weighted by Crippen LogP contribution is -2.33. The molecule has 0 spiro atoms. The number of aryl methyl sites for hydroxylation is 1. The molecule has 130 valence electrons. The van der Waals surface area contributed by atoms with Crippen LogP contribution in [0.3, 0.4) is 0 Å². The highest BCUT2D eigenvalue weighted by molar-refractivity contribution is 7.99. The molecular formula is C18H26N4OS. The van der Waals surface area contributed by atoms with Gasteiger partial charge >= 0.3 is 0 Å². The molecule has 1 aliphatic rings. The predicted octanol–water partition coefficient (Wildman–Crippen LogP) is 4.39. The summed E-state index contributed by atoms with van der Waals surface area (Å²) in [6.07, 6.45) is 9.99. The monoisotopic (exact) mass is 346 g/mol. The van der Waals surface area contributed by atoms with Gasteiger partial charge in [-0.05, 0) is 32.7 Å². The molecule has 2 aromatic rings. The molecule has 0 aromatic carbocycles. The molecule has 0 N–H and O–H groups in total. The van der Waals surface area contributed by atoms with Crippen LogP contribution in [0.2, 0.25) is 0 Å². The van der Waals surface area contributed by atoms with Crippen molar-refractivity contribution in [1.82, 2.24) is 20.0 Å². The van der Waals surface area contributed by atoms with Gasteiger partial charge < -0.3 is 4.52 Å². The molecule has 0 saturated carbocycles. The Bertz CT molecular complexity index is 628. The van der Waals surface area contributed by atoms with Crippen LogP contribution in [0.1, 0.15) is 62.1 Å². The van der Waals surface area contributed by atoms with Crippen LogP contribution in [-0.2, 0) is 6.54 Å². The molecule has 6 heteroatoms. The van der Waals surface area contributed by atoms with Crippen molar-refractivity contribution < 1.29 is 4.52 Å². The number of hydrogen-bond acceptors (Lipinski definition) is 6. The minimum atomic E-state index is 0.342. The SMILES string of the molecule is CCCCSc1ncc(CN2CCCC[C@@H]2c2cc(C)on2)cn1. The predicted molar refractivity (Wildman–Crippen MR) is 95.9 cm³/mol. The van der Waals surface area contributed by atoms with E-state index in [4.69, 9.17) is 4.52 Å². The van der Waals surface area contributed by atoms with E-state index in [1.807, 2.05) is 19.3 Å². The van der Waals surface area contributed by atoms with E-state index in [1.165, 1.54) is 31.2 Å². The van der Waals surface area contributed by atoms with Gasteiger partial charge in [0.25, 0.3) is 0 Å². The zero-order valence-corrected chi connectivity index (χ0v) is 15.4. The minimum Gasteiger partial charge on any atom is -0.361 e. The van der Waals surface area contributed by atoms with Gasteiger partial charge in [-0.15, -0.1) is 0 Å². The van der Waals surface area contributed by atoms with Gasteiger partial charge in [-0.3, -0.25) is 4.90 Å². The van der Waals surface area contributed by atoms with Crippen molar-refractivity contribution in [2.24, 2.45) is 0 Å². The first-order valence-corrected chi connectivity index (χ1v) is 9.86. The number of nitrogens with zero attached hydrogens (tertiary/aromatic N) is 4. The number of likely N-dealkylation sites (tertiary alicyclic amines) is 1. The van der Waals surface area contributed by atoms with E-state index < -0.39 is 0 Å². The summed E-state index contributed by atoms with van der Waals surface area (Å²) in [5, 5.41) is 5.12. The standard InChI is InChI=1S/C18H26N4OS/c1-3-4-9-24-18-19-11-15(12-20-18)13-22-8-6-5-7-17(22)16-10-14(2)23-21-16/h10-12,17H,3-9,13H2,1-2H3/t17-/m1/s1. The van der Waals surface area contributed by atoms with Gasteiger partial charge in [0, 0.05) is 36.3 Å². The summed E-state index contributed by atoms with van der Waals surface area (Å²) in [4.78, 5) is 11.5. The lowest BCUT2D eigenvalue weighted by atomic mass is 9.98. The molecule has 3 heterocycles. The Morgan fingerprint density at radius 3 is 2.83 bits per heavy atom. The topological polar surface area (TPSA) is 55.1 Å². The molecule has 1 saturated heterocycles. The van der Waals surface area contributed by atoms with Gasteiger partial charge in [-0.1, -0.05) is 36.7 Å². The molecule has 0 amide bonds. The van der Waals surface area contributed by atoms with E-state index in [0.717, 1.165) is 41.9 Å². The van der Waals surface area contributed by atoms with Crippen LogP contribution in [0, 0.1) is 6.92 Å². The van der Waals surface area contributed by atoms with Crippen molar-refractivity contribution in [1.29, 1.82) is 0 Å². The first kappa shape index (κ1) is 17.4. The van der Waals surface area contributed by atoms with Crippen LogP contribution in [-0.4, -0.2) is 32.3 Å². The van der Waals surface area contributed by atoms with Gasteiger partial charge in [0.2, 0.25) is 0 Å². The number of hydrogen-bond donors (Lipinski definition) is 0. The highest BCUT2D eigenvalue weighted by Crippen LogP contribution is 2.31. The van der Waals surface area contributed by atoms with Gasteiger partial charge in [0.15, 0.2) is 5.16 Å². The molecule has 1 atom stereocenters. The zero-order chi connectivity index (χ0) is 16.8. The Morgan fingerprint density at radius 1 is 1.29 bits per heavy atom. The molecule has 0 bridgehead atoms. The molecule has 0 aliphatic carbocycles. The molecule has 0 unspecified atom stereocenters. The van der Waals surface area contributed by atoms with Crippen LogP contribution in [0.4, 0.5) is 0 Å². The largest absolute Gasteiger partial charge is 0.361 e. The Morgan fingerprint density at radius 2 is 2.12 bits per heavy atom. The number of rotatable bonds is 7. The van der Waals surface area contributed by atoms with E-state index in [0.29, 0.717) is 6.04 Å². The first-order chi connectivity index (χ1) is 11.8. The van der Waals surface area contributed by atoms with Crippen LogP contribution in [0.5, 0.6) is 0 Å². The summed E-state index contributed by atoms with van der Waals surface area (Å²) < 4.78 is 5.27.